The summed E-state index contributed by atoms with van der Waals surface area (Å²) in [6.45, 7) is 1.47. The van der Waals surface area contributed by atoms with Gasteiger partial charge in [0.25, 0.3) is 0 Å². The van der Waals surface area contributed by atoms with Crippen molar-refractivity contribution in [1.29, 1.82) is 0 Å². The van der Waals surface area contributed by atoms with Gasteiger partial charge in [0.1, 0.15) is 23.9 Å². The third kappa shape index (κ3) is 5.96. The van der Waals surface area contributed by atoms with Crippen LogP contribution >= 0.6 is 0 Å². The highest BCUT2D eigenvalue weighted by atomic mass is 19.4. The van der Waals surface area contributed by atoms with Gasteiger partial charge in [0.2, 0.25) is 5.82 Å². The minimum absolute atomic E-state index is 0.105. The molecule has 0 unspecified atom stereocenters. The molecule has 1 aromatic carbocycles. The number of hydrogen-bond acceptors (Lipinski definition) is 7. The molecule has 0 bridgehead atoms. The fraction of sp³-hybridized carbons (Fsp3) is 0.333. The topological polar surface area (TPSA) is 104 Å². The zero-order valence-electron chi connectivity index (χ0n) is 15.9. The highest BCUT2D eigenvalue weighted by Gasteiger charge is 2.39. The molecule has 8 nitrogen and oxygen atoms in total. The minimum atomic E-state index is -4.49. The van der Waals surface area contributed by atoms with E-state index in [2.05, 4.69) is 9.97 Å². The lowest BCUT2D eigenvalue weighted by Crippen LogP contribution is -2.49. The highest BCUT2D eigenvalue weighted by molar-refractivity contribution is 5.83. The average Bonchev–Trinajstić information content (AvgIpc) is 2.62. The van der Waals surface area contributed by atoms with Crippen molar-refractivity contribution in [2.75, 3.05) is 14.1 Å². The summed E-state index contributed by atoms with van der Waals surface area (Å²) < 4.78 is 48.0. The van der Waals surface area contributed by atoms with Gasteiger partial charge in [0, 0.05) is 6.20 Å². The summed E-state index contributed by atoms with van der Waals surface area (Å²) in [5.74, 6) is -0.462. The molecule has 0 saturated heterocycles. The lowest BCUT2D eigenvalue weighted by Gasteiger charge is -2.25. The van der Waals surface area contributed by atoms with Crippen LogP contribution in [0.4, 0.5) is 23.8 Å². The maximum absolute atomic E-state index is 12.8. The zero-order chi connectivity index (χ0) is 21.8. The number of alkyl halides is 3. The van der Waals surface area contributed by atoms with Crippen molar-refractivity contribution in [3.63, 3.8) is 0 Å². The summed E-state index contributed by atoms with van der Waals surface area (Å²) in [6.07, 6.45) is -4.56. The smallest absolute Gasteiger partial charge is 0.425 e. The molecule has 2 N–H and O–H groups in total. The van der Waals surface area contributed by atoms with E-state index in [9.17, 15) is 22.8 Å². The number of nitrogens with two attached hydrogens (primary N) is 1. The van der Waals surface area contributed by atoms with Gasteiger partial charge in [-0.2, -0.15) is 27.4 Å². The number of ether oxygens (including phenoxy) is 2. The second kappa shape index (κ2) is 8.53. The van der Waals surface area contributed by atoms with Crippen molar-refractivity contribution in [3.8, 4) is 11.5 Å². The first-order chi connectivity index (χ1) is 13.4. The number of esters is 1. The van der Waals surface area contributed by atoms with Gasteiger partial charge in [-0.25, -0.2) is 9.78 Å². The fourth-order valence-electron chi connectivity index (χ4n) is 2.28. The largest absolute Gasteiger partial charge is 0.527 e. The Morgan fingerprint density at radius 3 is 2.21 bits per heavy atom. The van der Waals surface area contributed by atoms with Crippen molar-refractivity contribution < 1.29 is 32.2 Å². The first-order valence-corrected chi connectivity index (χ1v) is 8.40. The zero-order valence-corrected chi connectivity index (χ0v) is 15.9. The molecular weight excluding hydrogens is 393 g/mol. The molecule has 2 aromatic rings. The van der Waals surface area contributed by atoms with Crippen LogP contribution in [0.3, 0.4) is 0 Å². The summed E-state index contributed by atoms with van der Waals surface area (Å²) >= 11 is 0. The Bertz CT molecular complexity index is 883. The number of rotatable bonds is 5. The van der Waals surface area contributed by atoms with Crippen LogP contribution in [0, 0.1) is 0 Å². The summed E-state index contributed by atoms with van der Waals surface area (Å²) in [6, 6.07) is 4.73. The highest BCUT2D eigenvalue weighted by Crippen LogP contribution is 2.29. The predicted octanol–water partition coefficient (Wildman–Crippen LogP) is 2.60. The van der Waals surface area contributed by atoms with Gasteiger partial charge < -0.3 is 15.2 Å². The van der Waals surface area contributed by atoms with Crippen molar-refractivity contribution in [2.24, 2.45) is 5.73 Å². The van der Waals surface area contributed by atoms with Crippen molar-refractivity contribution >= 4 is 17.9 Å². The SMILES string of the molecule is C[C@H](N)C(=O)Oc1ccc(OC(=O)[N+](C)(C)c2ncncc2CC(F)(F)F)cc1. The molecule has 1 amide bonds. The Morgan fingerprint density at radius 1 is 1.14 bits per heavy atom. The Labute approximate surface area is 164 Å². The lowest BCUT2D eigenvalue weighted by molar-refractivity contribution is -0.135. The Balaban J connectivity index is 2.17. The third-order valence-corrected chi connectivity index (χ3v) is 3.76. The quantitative estimate of drug-likeness (QED) is 0.456. The number of benzene rings is 1. The number of carbonyl (C=O) groups excluding carboxylic acids is 2. The van der Waals surface area contributed by atoms with Gasteiger partial charge in [-0.15, -0.1) is 0 Å². The molecule has 0 aliphatic rings. The molecule has 0 saturated carbocycles. The Hall–Kier alpha value is -3.05. The molecule has 156 valence electrons. The molecule has 0 fully saturated rings. The van der Waals surface area contributed by atoms with Gasteiger partial charge in [-0.05, 0) is 31.2 Å². The number of carbonyl (C=O) groups is 2. The van der Waals surface area contributed by atoms with Crippen LogP contribution in [0.25, 0.3) is 0 Å². The molecule has 0 aliphatic heterocycles. The molecule has 29 heavy (non-hydrogen) atoms. The van der Waals surface area contributed by atoms with Crippen LogP contribution in [0.15, 0.2) is 36.8 Å². The summed E-state index contributed by atoms with van der Waals surface area (Å²) in [5, 5.41) is 0. The van der Waals surface area contributed by atoms with Crippen LogP contribution in [-0.2, 0) is 11.2 Å². The third-order valence-electron chi connectivity index (χ3n) is 3.76. The minimum Gasteiger partial charge on any atom is -0.425 e. The van der Waals surface area contributed by atoms with Crippen LogP contribution in [0.1, 0.15) is 12.5 Å². The van der Waals surface area contributed by atoms with Gasteiger partial charge >= 0.3 is 18.2 Å². The molecule has 1 aromatic heterocycles. The second-order valence-corrected chi connectivity index (χ2v) is 6.67. The molecule has 2 rings (SSSR count). The first kappa shape index (κ1) is 22.2. The number of aromatic nitrogens is 2. The Morgan fingerprint density at radius 2 is 1.69 bits per heavy atom. The van der Waals surface area contributed by atoms with E-state index >= 15 is 0 Å². The summed E-state index contributed by atoms with van der Waals surface area (Å²) in [4.78, 5) is 31.5. The van der Waals surface area contributed by atoms with Gasteiger partial charge in [0.05, 0.1) is 26.1 Å². The summed E-state index contributed by atoms with van der Waals surface area (Å²) in [5.41, 5.74) is 5.17. The molecular formula is C18H20F3N4O4+. The molecule has 0 aliphatic carbocycles. The maximum atomic E-state index is 12.8. The second-order valence-electron chi connectivity index (χ2n) is 6.67. The van der Waals surface area contributed by atoms with Crippen LogP contribution in [0.5, 0.6) is 11.5 Å². The average molecular weight is 413 g/mol. The number of amides is 1. The molecule has 0 spiro atoms. The lowest BCUT2D eigenvalue weighted by atomic mass is 10.2. The maximum Gasteiger partial charge on any atom is 0.527 e. The predicted molar refractivity (Wildman–Crippen MR) is 97.2 cm³/mol. The normalized spacial score (nSPS) is 12.9. The van der Waals surface area contributed by atoms with Gasteiger partial charge in [0.15, 0.2) is 0 Å². The molecule has 0 radical (unpaired) electrons. The van der Waals surface area contributed by atoms with Crippen LogP contribution < -0.4 is 19.7 Å². The van der Waals surface area contributed by atoms with E-state index in [0.717, 1.165) is 12.5 Å². The molecule has 11 heteroatoms. The molecule has 1 heterocycles. The monoisotopic (exact) mass is 413 g/mol. The van der Waals surface area contributed by atoms with E-state index in [1.54, 1.807) is 0 Å². The summed E-state index contributed by atoms with van der Waals surface area (Å²) in [7, 11) is 2.70. The fourth-order valence-corrected chi connectivity index (χ4v) is 2.28. The van der Waals surface area contributed by atoms with E-state index < -0.39 is 35.2 Å². The van der Waals surface area contributed by atoms with E-state index in [0.29, 0.717) is 0 Å². The van der Waals surface area contributed by atoms with Crippen molar-refractivity contribution in [2.45, 2.75) is 25.6 Å². The number of quaternary nitrogens is 1. The number of nitrogens with zero attached hydrogens (tertiary/aromatic N) is 3. The molecule has 1 atom stereocenters. The van der Waals surface area contributed by atoms with Crippen molar-refractivity contribution in [1.82, 2.24) is 14.5 Å². The van der Waals surface area contributed by atoms with Gasteiger partial charge in [-0.1, -0.05) is 0 Å². The number of halogens is 3. The van der Waals surface area contributed by atoms with Crippen LogP contribution in [-0.4, -0.2) is 48.3 Å². The van der Waals surface area contributed by atoms with E-state index in [1.165, 1.54) is 45.3 Å². The number of hydrogen-bond donors (Lipinski definition) is 1. The van der Waals surface area contributed by atoms with E-state index in [-0.39, 0.29) is 22.9 Å². The Kier molecular flexibility index (Phi) is 6.55. The van der Waals surface area contributed by atoms with Crippen LogP contribution in [0.2, 0.25) is 0 Å². The first-order valence-electron chi connectivity index (χ1n) is 8.40. The van der Waals surface area contributed by atoms with E-state index in [4.69, 9.17) is 15.2 Å². The van der Waals surface area contributed by atoms with E-state index in [1.807, 2.05) is 0 Å². The van der Waals surface area contributed by atoms with Gasteiger partial charge in [-0.3, -0.25) is 0 Å². The van der Waals surface area contributed by atoms with Crippen molar-refractivity contribution in [3.05, 3.63) is 42.4 Å². The standard InChI is InChI=1S/C18H20F3N4O4/c1-11(22)16(26)28-13-4-6-14(7-5-13)29-17(27)25(2,3)15-12(8-18(19,20)21)9-23-10-24-15/h4-7,9-11H,8,22H2,1-3H3/q+1/t11-/m0/s1.